The highest BCUT2D eigenvalue weighted by molar-refractivity contribution is 6.03. The molecule has 1 rings (SSSR count). The first-order valence-corrected chi connectivity index (χ1v) is 14.8. The van der Waals surface area contributed by atoms with Crippen LogP contribution in [0, 0.1) is 24.2 Å². The summed E-state index contributed by atoms with van der Waals surface area (Å²) in [6, 6.07) is 3.16. The zero-order valence-corrected chi connectivity index (χ0v) is 28.2. The first kappa shape index (κ1) is 38.4. The van der Waals surface area contributed by atoms with Gasteiger partial charge in [-0.15, -0.1) is 0 Å². The molecule has 44 heavy (non-hydrogen) atoms. The van der Waals surface area contributed by atoms with Gasteiger partial charge in [-0.1, -0.05) is 51.2 Å². The number of halogens is 3. The van der Waals surface area contributed by atoms with Crippen LogP contribution in [0.3, 0.4) is 0 Å². The molecule has 242 valence electrons. The van der Waals surface area contributed by atoms with Crippen molar-refractivity contribution in [2.75, 3.05) is 13.6 Å². The van der Waals surface area contributed by atoms with E-state index in [1.807, 2.05) is 26.8 Å². The fourth-order valence-corrected chi connectivity index (χ4v) is 4.89. The van der Waals surface area contributed by atoms with Crippen LogP contribution in [0.2, 0.25) is 0 Å². The highest BCUT2D eigenvalue weighted by atomic mass is 19.4. The molecule has 6 nitrogen and oxygen atoms in total. The third-order valence-corrected chi connectivity index (χ3v) is 6.99. The molecule has 0 aliphatic heterocycles. The fraction of sp³-hybridized carbons (Fsp3) is 0.543. The van der Waals surface area contributed by atoms with E-state index in [9.17, 15) is 23.2 Å². The van der Waals surface area contributed by atoms with E-state index in [2.05, 4.69) is 23.1 Å². The van der Waals surface area contributed by atoms with Gasteiger partial charge in [0.05, 0.1) is 5.57 Å². The van der Waals surface area contributed by atoms with E-state index in [0.717, 1.165) is 0 Å². The molecule has 0 radical (unpaired) electrons. The number of ether oxygens (including phenoxy) is 1. The number of hydrogen-bond acceptors (Lipinski definition) is 5. The Kier molecular flexibility index (Phi) is 13.8. The standard InChI is InChI=1S/C35H49F3N4O2/c1-21(2)20-42(33(43)44-34(10,11)12)26(8)14-23(5)15-29(22(3)4)32(27(9)40-13)31(35(36,37)38)16-24(6)30-17-28(18-39)41-19-25(30)7/h16-17,19,21,24,26H,3,5,14-15,20H2,1-2,4,6-13H3/b31-16+,32-29+,40-27?/t24?,26-/m1/s1. The number of aliphatic imine (C=N–C) groups is 1. The lowest BCUT2D eigenvalue weighted by Gasteiger charge is -2.33. The van der Waals surface area contributed by atoms with Crippen LogP contribution in [0.5, 0.6) is 0 Å². The largest absolute Gasteiger partial charge is 0.444 e. The Labute approximate surface area is 262 Å². The number of rotatable bonds is 12. The summed E-state index contributed by atoms with van der Waals surface area (Å²) in [7, 11) is 1.45. The van der Waals surface area contributed by atoms with Gasteiger partial charge in [0, 0.05) is 43.0 Å². The van der Waals surface area contributed by atoms with Crippen LogP contribution in [-0.2, 0) is 4.74 Å². The van der Waals surface area contributed by atoms with Crippen molar-refractivity contribution in [2.24, 2.45) is 10.9 Å². The number of nitriles is 1. The van der Waals surface area contributed by atoms with E-state index in [0.29, 0.717) is 40.8 Å². The average molecular weight is 615 g/mol. The van der Waals surface area contributed by atoms with Crippen molar-refractivity contribution in [3.8, 4) is 6.07 Å². The minimum Gasteiger partial charge on any atom is -0.444 e. The van der Waals surface area contributed by atoms with Crippen molar-refractivity contribution in [1.82, 2.24) is 9.88 Å². The molecule has 0 spiro atoms. The van der Waals surface area contributed by atoms with Crippen molar-refractivity contribution >= 4 is 11.8 Å². The van der Waals surface area contributed by atoms with Crippen molar-refractivity contribution < 1.29 is 22.7 Å². The first-order chi connectivity index (χ1) is 20.1. The maximum atomic E-state index is 14.9. The number of aromatic nitrogens is 1. The monoisotopic (exact) mass is 614 g/mol. The highest BCUT2D eigenvalue weighted by Crippen LogP contribution is 2.39. The molecular formula is C35H49F3N4O2. The third-order valence-electron chi connectivity index (χ3n) is 6.99. The molecule has 0 N–H and O–H groups in total. The zero-order valence-electron chi connectivity index (χ0n) is 28.2. The van der Waals surface area contributed by atoms with Gasteiger partial charge in [-0.05, 0) is 90.0 Å². The molecule has 0 bridgehead atoms. The van der Waals surface area contributed by atoms with Crippen LogP contribution in [0.4, 0.5) is 18.0 Å². The van der Waals surface area contributed by atoms with E-state index in [4.69, 9.17) is 4.74 Å². The van der Waals surface area contributed by atoms with E-state index in [1.165, 1.54) is 25.4 Å². The molecule has 0 fully saturated rings. The van der Waals surface area contributed by atoms with Gasteiger partial charge in [-0.3, -0.25) is 4.99 Å². The van der Waals surface area contributed by atoms with Crippen LogP contribution in [0.25, 0.3) is 0 Å². The summed E-state index contributed by atoms with van der Waals surface area (Å²) in [5, 5.41) is 9.30. The van der Waals surface area contributed by atoms with Crippen molar-refractivity contribution in [3.63, 3.8) is 0 Å². The Morgan fingerprint density at radius 1 is 1.18 bits per heavy atom. The lowest BCUT2D eigenvalue weighted by molar-refractivity contribution is -0.0892. The predicted octanol–water partition coefficient (Wildman–Crippen LogP) is 9.44. The van der Waals surface area contributed by atoms with E-state index in [1.54, 1.807) is 53.4 Å². The Bertz CT molecular complexity index is 1360. The van der Waals surface area contributed by atoms with Crippen LogP contribution in [-0.4, -0.2) is 53.1 Å². The van der Waals surface area contributed by atoms with E-state index < -0.39 is 29.4 Å². The fourth-order valence-electron chi connectivity index (χ4n) is 4.89. The number of amides is 1. The molecule has 0 aliphatic rings. The summed E-state index contributed by atoms with van der Waals surface area (Å²) in [6.45, 7) is 26.6. The molecule has 2 atom stereocenters. The van der Waals surface area contributed by atoms with Gasteiger partial charge in [0.1, 0.15) is 17.4 Å². The van der Waals surface area contributed by atoms with Crippen molar-refractivity contribution in [1.29, 1.82) is 5.26 Å². The zero-order chi connectivity index (χ0) is 34.2. The van der Waals surface area contributed by atoms with Gasteiger partial charge in [-0.2, -0.15) is 18.4 Å². The number of pyridine rings is 1. The summed E-state index contributed by atoms with van der Waals surface area (Å²) in [5.74, 6) is -0.511. The Morgan fingerprint density at radius 2 is 1.77 bits per heavy atom. The second kappa shape index (κ2) is 15.9. The topological polar surface area (TPSA) is 78.6 Å². The number of alkyl halides is 3. The van der Waals surface area contributed by atoms with Crippen LogP contribution in [0.1, 0.15) is 97.9 Å². The molecule has 0 saturated carbocycles. The Morgan fingerprint density at radius 3 is 2.23 bits per heavy atom. The first-order valence-electron chi connectivity index (χ1n) is 14.8. The number of carbonyl (C=O) groups is 1. The minimum absolute atomic E-state index is 0.0495. The lowest BCUT2D eigenvalue weighted by Crippen LogP contribution is -2.44. The van der Waals surface area contributed by atoms with Gasteiger partial charge >= 0.3 is 12.3 Å². The van der Waals surface area contributed by atoms with Crippen molar-refractivity contribution in [3.05, 3.63) is 76.2 Å². The molecule has 1 amide bonds. The Hall–Kier alpha value is -3.67. The van der Waals surface area contributed by atoms with Crippen LogP contribution in [0.15, 0.2) is 64.4 Å². The molecule has 1 unspecified atom stereocenters. The molecule has 1 aromatic rings. The molecule has 0 aromatic carbocycles. The summed E-state index contributed by atoms with van der Waals surface area (Å²) in [6.07, 6.45) is -2.03. The third kappa shape index (κ3) is 11.4. The maximum Gasteiger partial charge on any atom is 0.416 e. The van der Waals surface area contributed by atoms with E-state index in [-0.39, 0.29) is 35.4 Å². The molecule has 1 heterocycles. The number of nitrogens with zero attached hydrogens (tertiary/aromatic N) is 4. The van der Waals surface area contributed by atoms with Crippen LogP contribution < -0.4 is 0 Å². The van der Waals surface area contributed by atoms with Gasteiger partial charge in [0.25, 0.3) is 0 Å². The van der Waals surface area contributed by atoms with Gasteiger partial charge in [0.15, 0.2) is 0 Å². The summed E-state index contributed by atoms with van der Waals surface area (Å²) in [4.78, 5) is 22.9. The quantitative estimate of drug-likeness (QED) is 0.133. The predicted molar refractivity (Wildman–Crippen MR) is 173 cm³/mol. The minimum atomic E-state index is -4.71. The van der Waals surface area contributed by atoms with Crippen molar-refractivity contribution in [2.45, 2.75) is 106 Å². The van der Waals surface area contributed by atoms with Gasteiger partial charge < -0.3 is 9.64 Å². The second-order valence-electron chi connectivity index (χ2n) is 12.9. The summed E-state index contributed by atoms with van der Waals surface area (Å²) < 4.78 is 50.3. The highest BCUT2D eigenvalue weighted by Gasteiger charge is 2.39. The number of allylic oxidation sites excluding steroid dienone is 5. The van der Waals surface area contributed by atoms with Gasteiger partial charge in [-0.25, -0.2) is 9.78 Å². The molecular weight excluding hydrogens is 565 g/mol. The summed E-state index contributed by atoms with van der Waals surface area (Å²) in [5.41, 5.74) is 1.51. The number of hydrogen-bond donors (Lipinski definition) is 0. The van der Waals surface area contributed by atoms with Crippen LogP contribution >= 0.6 is 0 Å². The Balaban J connectivity index is 3.69. The lowest BCUT2D eigenvalue weighted by atomic mass is 9.85. The second-order valence-corrected chi connectivity index (χ2v) is 12.9. The van der Waals surface area contributed by atoms with E-state index >= 15 is 0 Å². The normalized spacial score (nSPS) is 14.9. The number of aryl methyl sites for hydroxylation is 1. The SMILES string of the molecule is C=C(C/C(C(=C)C)=C(C(C)=NC)\C(=C/C(C)c1cc(C#N)ncc1C)C(F)(F)F)C[C@@H](C)N(CC(C)C)C(=O)OC(C)(C)C. The summed E-state index contributed by atoms with van der Waals surface area (Å²) >= 11 is 0. The average Bonchev–Trinajstić information content (AvgIpc) is 2.88. The van der Waals surface area contributed by atoms with Gasteiger partial charge in [0.2, 0.25) is 0 Å². The molecule has 0 aliphatic carbocycles. The molecule has 0 saturated heterocycles. The smallest absolute Gasteiger partial charge is 0.416 e. The molecule has 9 heteroatoms. The molecule has 1 aromatic heterocycles. The maximum absolute atomic E-state index is 14.9. The number of carbonyl (C=O) groups excluding carboxylic acids is 1.